The van der Waals surface area contributed by atoms with Gasteiger partial charge < -0.3 is 10.1 Å². The maximum absolute atomic E-state index is 14.5. The van der Waals surface area contributed by atoms with Crippen molar-refractivity contribution in [2.75, 3.05) is 5.32 Å². The van der Waals surface area contributed by atoms with Gasteiger partial charge in [0, 0.05) is 5.75 Å². The van der Waals surface area contributed by atoms with Crippen LogP contribution in [0.2, 0.25) is 0 Å². The Kier molecular flexibility index (Phi) is 8.18. The third-order valence-corrected chi connectivity index (χ3v) is 5.68. The van der Waals surface area contributed by atoms with E-state index < -0.39 is 5.82 Å². The Balaban J connectivity index is 1.48. The van der Waals surface area contributed by atoms with Gasteiger partial charge in [0.2, 0.25) is 0 Å². The molecule has 0 unspecified atom stereocenters. The lowest BCUT2D eigenvalue weighted by Gasteiger charge is -2.11. The summed E-state index contributed by atoms with van der Waals surface area (Å²) in [6.07, 6.45) is 1.05. The lowest BCUT2D eigenvalue weighted by atomic mass is 10.2. The monoisotopic (exact) mass is 476 g/mol. The molecule has 4 rings (SSSR count). The van der Waals surface area contributed by atoms with Crippen LogP contribution in [0.25, 0.3) is 0 Å². The van der Waals surface area contributed by atoms with E-state index in [0.717, 1.165) is 22.9 Å². The Morgan fingerprint density at radius 2 is 1.53 bits per heavy atom. The van der Waals surface area contributed by atoms with Crippen LogP contribution in [0, 0.1) is 11.6 Å². The highest BCUT2D eigenvalue weighted by atomic mass is 32.2. The first-order chi connectivity index (χ1) is 16.7. The molecule has 0 fully saturated rings. The summed E-state index contributed by atoms with van der Waals surface area (Å²) in [5.41, 5.74) is 2.90. The van der Waals surface area contributed by atoms with Gasteiger partial charge >= 0.3 is 6.01 Å². The van der Waals surface area contributed by atoms with Crippen LogP contribution in [0.15, 0.2) is 96.1 Å². The highest BCUT2D eigenvalue weighted by Gasteiger charge is 2.12. The molecule has 34 heavy (non-hydrogen) atoms. The molecule has 3 aromatic carbocycles. The Hall–Kier alpha value is -3.78. The first-order valence-corrected chi connectivity index (χ1v) is 11.6. The van der Waals surface area contributed by atoms with Gasteiger partial charge in [0.05, 0.1) is 12.7 Å². The molecular formula is C26H22F2N4OS. The molecule has 1 aromatic heterocycles. The number of benzene rings is 3. The number of thioether (sulfide) groups is 1. The first kappa shape index (κ1) is 23.4. The number of anilines is 1. The minimum atomic E-state index is -0.623. The predicted octanol–water partition coefficient (Wildman–Crippen LogP) is 6.24. The van der Waals surface area contributed by atoms with E-state index in [1.807, 2.05) is 60.7 Å². The molecule has 0 aliphatic carbocycles. The van der Waals surface area contributed by atoms with Crippen molar-refractivity contribution in [3.8, 4) is 6.01 Å². The highest BCUT2D eigenvalue weighted by molar-refractivity contribution is 8.13. The average molecular weight is 477 g/mol. The number of nitrogens with one attached hydrogen (secondary N) is 1. The molecule has 0 radical (unpaired) electrons. The summed E-state index contributed by atoms with van der Waals surface area (Å²) in [6.45, 7) is 0.564. The fourth-order valence-electron chi connectivity index (χ4n) is 2.93. The highest BCUT2D eigenvalue weighted by Crippen LogP contribution is 2.20. The van der Waals surface area contributed by atoms with Crippen molar-refractivity contribution in [3.05, 3.63) is 119 Å². The summed E-state index contributed by atoms with van der Waals surface area (Å²) in [7, 11) is 0. The van der Waals surface area contributed by atoms with E-state index in [1.54, 1.807) is 12.1 Å². The molecule has 0 bridgehead atoms. The standard InChI is InChI=1S/C26H22F2N4OS/c27-22-13-11-20(12-14-22)17-33-25-29-16-23(28)24(31-25)32-26(30-15-19-7-3-1-4-8-19)34-18-21-9-5-2-6-10-21/h1-14,16H,15,17-18H2,(H,29,30,31,32). The summed E-state index contributed by atoms with van der Waals surface area (Å²) in [5, 5.41) is 3.51. The van der Waals surface area contributed by atoms with Crippen molar-refractivity contribution < 1.29 is 13.5 Å². The predicted molar refractivity (Wildman–Crippen MR) is 132 cm³/mol. The smallest absolute Gasteiger partial charge is 0.318 e. The molecule has 172 valence electrons. The molecule has 5 nitrogen and oxygen atoms in total. The van der Waals surface area contributed by atoms with Gasteiger partial charge in [0.25, 0.3) is 0 Å². The number of halogens is 2. The van der Waals surface area contributed by atoms with Crippen LogP contribution in [-0.4, -0.2) is 15.1 Å². The number of nitrogens with zero attached hydrogens (tertiary/aromatic N) is 3. The van der Waals surface area contributed by atoms with Crippen molar-refractivity contribution in [1.82, 2.24) is 9.97 Å². The third-order valence-electron chi connectivity index (χ3n) is 4.69. The molecule has 0 saturated carbocycles. The van der Waals surface area contributed by atoms with E-state index in [-0.39, 0.29) is 24.3 Å². The molecule has 4 aromatic rings. The molecule has 0 spiro atoms. The Morgan fingerprint density at radius 1 is 0.853 bits per heavy atom. The van der Waals surface area contributed by atoms with Crippen LogP contribution in [0.5, 0.6) is 6.01 Å². The molecule has 1 heterocycles. The molecule has 0 aliphatic heterocycles. The normalized spacial score (nSPS) is 11.3. The Morgan fingerprint density at radius 3 is 2.24 bits per heavy atom. The van der Waals surface area contributed by atoms with Crippen molar-refractivity contribution in [2.45, 2.75) is 18.9 Å². The van der Waals surface area contributed by atoms with Crippen LogP contribution >= 0.6 is 11.8 Å². The molecule has 0 atom stereocenters. The van der Waals surface area contributed by atoms with Gasteiger partial charge in [-0.1, -0.05) is 84.6 Å². The first-order valence-electron chi connectivity index (χ1n) is 10.6. The maximum atomic E-state index is 14.5. The molecule has 1 N–H and O–H groups in total. The van der Waals surface area contributed by atoms with Crippen LogP contribution in [0.1, 0.15) is 16.7 Å². The van der Waals surface area contributed by atoms with Gasteiger partial charge in [0.1, 0.15) is 12.4 Å². The lowest BCUT2D eigenvalue weighted by molar-refractivity contribution is 0.280. The van der Waals surface area contributed by atoms with Gasteiger partial charge in [0.15, 0.2) is 16.8 Å². The summed E-state index contributed by atoms with van der Waals surface area (Å²) in [4.78, 5) is 12.7. The second kappa shape index (κ2) is 11.9. The fourth-order valence-corrected chi connectivity index (χ4v) is 3.75. The average Bonchev–Trinajstić information content (AvgIpc) is 2.88. The van der Waals surface area contributed by atoms with Gasteiger partial charge in [-0.05, 0) is 28.8 Å². The quantitative estimate of drug-likeness (QED) is 0.241. The SMILES string of the molecule is Fc1ccc(COc2ncc(F)c(N/C(=N/Cc3ccccc3)SCc3ccccc3)n2)cc1. The molecule has 8 heteroatoms. The Bertz CT molecular complexity index is 1220. The lowest BCUT2D eigenvalue weighted by Crippen LogP contribution is -2.13. The fraction of sp³-hybridized carbons (Fsp3) is 0.115. The minimum absolute atomic E-state index is 0.00342. The Labute approximate surface area is 201 Å². The van der Waals surface area contributed by atoms with E-state index in [9.17, 15) is 8.78 Å². The second-order valence-corrected chi connectivity index (χ2v) is 8.23. The van der Waals surface area contributed by atoms with E-state index in [0.29, 0.717) is 17.5 Å². The number of rotatable bonds is 8. The summed E-state index contributed by atoms with van der Waals surface area (Å²) in [6, 6.07) is 25.6. The number of hydrogen-bond acceptors (Lipinski definition) is 5. The molecule has 0 amide bonds. The summed E-state index contributed by atoms with van der Waals surface area (Å²) >= 11 is 1.45. The zero-order chi connectivity index (χ0) is 23.6. The van der Waals surface area contributed by atoms with Crippen molar-refractivity contribution in [2.24, 2.45) is 4.99 Å². The summed E-state index contributed by atoms with van der Waals surface area (Å²) < 4.78 is 33.2. The van der Waals surface area contributed by atoms with Crippen LogP contribution in [0.4, 0.5) is 14.6 Å². The minimum Gasteiger partial charge on any atom is -0.459 e. The van der Waals surface area contributed by atoms with Crippen LogP contribution < -0.4 is 10.1 Å². The number of hydrogen-bond donors (Lipinski definition) is 1. The van der Waals surface area contributed by atoms with E-state index >= 15 is 0 Å². The number of aromatic nitrogens is 2. The van der Waals surface area contributed by atoms with Crippen molar-refractivity contribution >= 4 is 22.7 Å². The van der Waals surface area contributed by atoms with E-state index in [2.05, 4.69) is 20.3 Å². The molecular weight excluding hydrogens is 454 g/mol. The zero-order valence-electron chi connectivity index (χ0n) is 18.2. The maximum Gasteiger partial charge on any atom is 0.318 e. The number of amidine groups is 1. The number of aliphatic imine (C=N–C) groups is 1. The van der Waals surface area contributed by atoms with Crippen LogP contribution in [0.3, 0.4) is 0 Å². The van der Waals surface area contributed by atoms with Crippen molar-refractivity contribution in [3.63, 3.8) is 0 Å². The molecule has 0 aliphatic rings. The topological polar surface area (TPSA) is 59.4 Å². The zero-order valence-corrected chi connectivity index (χ0v) is 19.0. The van der Waals surface area contributed by atoms with E-state index in [4.69, 9.17) is 4.74 Å². The molecule has 0 saturated heterocycles. The van der Waals surface area contributed by atoms with Gasteiger partial charge in [-0.25, -0.2) is 13.8 Å². The second-order valence-electron chi connectivity index (χ2n) is 7.27. The third kappa shape index (κ3) is 7.11. The van der Waals surface area contributed by atoms with Gasteiger partial charge in [-0.15, -0.1) is 0 Å². The number of ether oxygens (including phenoxy) is 1. The van der Waals surface area contributed by atoms with Gasteiger partial charge in [-0.2, -0.15) is 4.98 Å². The largest absolute Gasteiger partial charge is 0.459 e. The summed E-state index contributed by atoms with van der Waals surface area (Å²) in [5.74, 6) is -0.329. The van der Waals surface area contributed by atoms with E-state index in [1.165, 1.54) is 23.9 Å². The van der Waals surface area contributed by atoms with Gasteiger partial charge in [-0.3, -0.25) is 4.99 Å². The van der Waals surface area contributed by atoms with Crippen molar-refractivity contribution in [1.29, 1.82) is 0 Å². The van der Waals surface area contributed by atoms with Crippen LogP contribution in [-0.2, 0) is 18.9 Å².